The van der Waals surface area contributed by atoms with Gasteiger partial charge in [0.25, 0.3) is 0 Å². The largest absolute Gasteiger partial charge is 0.497 e. The Balaban J connectivity index is 1.50. The zero-order chi connectivity index (χ0) is 30.0. The lowest BCUT2D eigenvalue weighted by atomic mass is 10.0. The summed E-state index contributed by atoms with van der Waals surface area (Å²) in [5, 5.41) is 14.2. The first-order chi connectivity index (χ1) is 20.2. The number of rotatable bonds is 15. The molecule has 2 aliphatic heterocycles. The summed E-state index contributed by atoms with van der Waals surface area (Å²) < 4.78 is 56.2. The van der Waals surface area contributed by atoms with Gasteiger partial charge < -0.3 is 34.1 Å². The summed E-state index contributed by atoms with van der Waals surface area (Å²) in [5.74, 6) is -0.141. The zero-order valence-corrected chi connectivity index (χ0v) is 25.1. The van der Waals surface area contributed by atoms with Gasteiger partial charge in [-0.15, -0.1) is 0 Å². The summed E-state index contributed by atoms with van der Waals surface area (Å²) in [6.07, 6.45) is 0.393. The van der Waals surface area contributed by atoms with Gasteiger partial charge in [-0.3, -0.25) is 0 Å². The molecule has 0 spiro atoms. The second-order valence-electron chi connectivity index (χ2n) is 10.7. The van der Waals surface area contributed by atoms with Crippen molar-refractivity contribution in [3.8, 4) is 5.75 Å². The van der Waals surface area contributed by atoms with Crippen LogP contribution in [0.5, 0.6) is 5.75 Å². The lowest BCUT2D eigenvalue weighted by Gasteiger charge is -2.30. The molecule has 0 unspecified atom stereocenters. The Hall–Kier alpha value is -2.74. The molecule has 3 atom stereocenters. The fourth-order valence-corrected chi connectivity index (χ4v) is 6.57. The molecular formula is C30H42N2O9S. The van der Waals surface area contributed by atoms with Crippen molar-refractivity contribution in [1.82, 2.24) is 9.62 Å². The second kappa shape index (κ2) is 15.1. The number of nitrogens with zero attached hydrogens (tertiary/aromatic N) is 1. The topological polar surface area (TPSA) is 133 Å². The summed E-state index contributed by atoms with van der Waals surface area (Å²) >= 11 is 0. The number of hydrogen-bond acceptors (Lipinski definition) is 9. The van der Waals surface area contributed by atoms with Crippen LogP contribution in [0.2, 0.25) is 0 Å². The zero-order valence-electron chi connectivity index (χ0n) is 24.3. The van der Waals surface area contributed by atoms with Crippen molar-refractivity contribution >= 4 is 16.1 Å². The average Bonchev–Trinajstić information content (AvgIpc) is 3.66. The Labute approximate surface area is 248 Å². The molecule has 2 saturated heterocycles. The number of benzene rings is 2. The number of amides is 1. The van der Waals surface area contributed by atoms with E-state index in [9.17, 15) is 18.3 Å². The fraction of sp³-hybridized carbons (Fsp3) is 0.567. The van der Waals surface area contributed by atoms with Crippen molar-refractivity contribution in [2.75, 3.05) is 46.6 Å². The van der Waals surface area contributed by atoms with E-state index in [1.54, 1.807) is 12.1 Å². The molecule has 1 amide bonds. The third-order valence-electron chi connectivity index (χ3n) is 7.50. The molecule has 2 aromatic rings. The molecule has 2 aliphatic rings. The molecule has 0 radical (unpaired) electrons. The van der Waals surface area contributed by atoms with E-state index in [4.69, 9.17) is 23.7 Å². The van der Waals surface area contributed by atoms with Gasteiger partial charge in [0.15, 0.2) is 5.79 Å². The first-order valence-electron chi connectivity index (χ1n) is 14.4. The van der Waals surface area contributed by atoms with E-state index >= 15 is 0 Å². The minimum atomic E-state index is -3.99. The van der Waals surface area contributed by atoms with E-state index < -0.39 is 34.0 Å². The van der Waals surface area contributed by atoms with Gasteiger partial charge in [-0.25, -0.2) is 13.2 Å². The number of aliphatic hydroxyl groups excluding tert-OH is 1. The van der Waals surface area contributed by atoms with Crippen LogP contribution in [0.3, 0.4) is 0 Å². The highest BCUT2D eigenvalue weighted by molar-refractivity contribution is 7.89. The predicted octanol–water partition coefficient (Wildman–Crippen LogP) is 3.11. The van der Waals surface area contributed by atoms with Gasteiger partial charge in [0.05, 0.1) is 50.6 Å². The van der Waals surface area contributed by atoms with E-state index in [0.29, 0.717) is 57.9 Å². The molecule has 0 saturated carbocycles. The Morgan fingerprint density at radius 2 is 1.81 bits per heavy atom. The molecule has 0 aromatic heterocycles. The van der Waals surface area contributed by atoms with Crippen LogP contribution in [0.25, 0.3) is 0 Å². The van der Waals surface area contributed by atoms with Gasteiger partial charge in [0.2, 0.25) is 10.0 Å². The molecule has 2 fully saturated rings. The van der Waals surface area contributed by atoms with E-state index in [2.05, 4.69) is 5.32 Å². The maximum Gasteiger partial charge on any atom is 0.407 e. The quantitative estimate of drug-likeness (QED) is 0.294. The molecular weight excluding hydrogens is 564 g/mol. The average molecular weight is 607 g/mol. The van der Waals surface area contributed by atoms with Crippen molar-refractivity contribution in [1.29, 1.82) is 0 Å². The maximum absolute atomic E-state index is 13.8. The number of unbranched alkanes of at least 4 members (excludes halogenated alkanes) is 1. The molecule has 4 rings (SSSR count). The van der Waals surface area contributed by atoms with Gasteiger partial charge in [0, 0.05) is 25.9 Å². The first kappa shape index (κ1) is 32.2. The van der Waals surface area contributed by atoms with Gasteiger partial charge in [-0.05, 0) is 56.0 Å². The molecule has 12 heteroatoms. The third-order valence-corrected chi connectivity index (χ3v) is 9.38. The van der Waals surface area contributed by atoms with Crippen LogP contribution in [0, 0.1) is 0 Å². The monoisotopic (exact) mass is 606 g/mol. The molecule has 232 valence electrons. The van der Waals surface area contributed by atoms with E-state index in [1.807, 2.05) is 37.3 Å². The van der Waals surface area contributed by atoms with Crippen LogP contribution in [-0.2, 0) is 35.4 Å². The smallest absolute Gasteiger partial charge is 0.407 e. The van der Waals surface area contributed by atoms with E-state index in [0.717, 1.165) is 5.56 Å². The molecule has 0 aliphatic carbocycles. The number of carbonyl (C=O) groups is 1. The van der Waals surface area contributed by atoms with Crippen molar-refractivity contribution < 1.29 is 42.0 Å². The Kier molecular flexibility index (Phi) is 11.6. The number of sulfonamides is 1. The molecule has 42 heavy (non-hydrogen) atoms. The number of hydrogen-bond donors (Lipinski definition) is 2. The van der Waals surface area contributed by atoms with Crippen LogP contribution in [-0.4, -0.2) is 94.6 Å². The summed E-state index contributed by atoms with van der Waals surface area (Å²) in [7, 11) is -2.49. The normalized spacial score (nSPS) is 19.9. The van der Waals surface area contributed by atoms with Crippen LogP contribution >= 0.6 is 0 Å². The van der Waals surface area contributed by atoms with Crippen molar-refractivity contribution in [2.24, 2.45) is 0 Å². The van der Waals surface area contributed by atoms with Gasteiger partial charge in [-0.1, -0.05) is 30.3 Å². The Morgan fingerprint density at radius 3 is 2.45 bits per heavy atom. The van der Waals surface area contributed by atoms with Crippen LogP contribution < -0.4 is 10.1 Å². The maximum atomic E-state index is 13.8. The van der Waals surface area contributed by atoms with Crippen molar-refractivity contribution in [3.63, 3.8) is 0 Å². The summed E-state index contributed by atoms with van der Waals surface area (Å²) in [5.41, 5.74) is 0.875. The fourth-order valence-electron chi connectivity index (χ4n) is 5.07. The van der Waals surface area contributed by atoms with Crippen LogP contribution in [0.15, 0.2) is 59.5 Å². The SMILES string of the molecule is COc1ccc(S(=O)(=O)N(CCCCC2(C)OCCO2)C[C@@H](O)[C@H](Cc2ccccc2)NC(=O)O[C@H]2CCOC2)cc1. The molecule has 11 nitrogen and oxygen atoms in total. The number of aliphatic hydroxyl groups is 1. The summed E-state index contributed by atoms with van der Waals surface area (Å²) in [6, 6.07) is 14.7. The Morgan fingerprint density at radius 1 is 1.10 bits per heavy atom. The standard InChI is InChI=1S/C30H42N2O9S/c1-30(39-18-19-40-30)15-6-7-16-32(42(35,36)26-12-10-24(37-2)11-13-26)21-28(33)27(20-23-8-4-3-5-9-23)31-29(34)41-25-14-17-38-22-25/h3-5,8-13,25,27-28,33H,6-7,14-22H2,1-2H3,(H,31,34)/t25-,27-,28+/m0/s1. The van der Waals surface area contributed by atoms with Crippen molar-refractivity contribution in [2.45, 2.75) is 68.0 Å². The van der Waals surface area contributed by atoms with Crippen LogP contribution in [0.4, 0.5) is 4.79 Å². The van der Waals surface area contributed by atoms with Crippen molar-refractivity contribution in [3.05, 3.63) is 60.2 Å². The second-order valence-corrected chi connectivity index (χ2v) is 12.7. The minimum absolute atomic E-state index is 0.0816. The van der Waals surface area contributed by atoms with Gasteiger partial charge >= 0.3 is 6.09 Å². The molecule has 2 heterocycles. The van der Waals surface area contributed by atoms with E-state index in [-0.39, 0.29) is 30.5 Å². The lowest BCUT2D eigenvalue weighted by molar-refractivity contribution is -0.147. The molecule has 0 bridgehead atoms. The lowest BCUT2D eigenvalue weighted by Crippen LogP contribution is -2.51. The number of carbonyl (C=O) groups excluding carboxylic acids is 1. The highest BCUT2D eigenvalue weighted by atomic mass is 32.2. The molecule has 2 N–H and O–H groups in total. The van der Waals surface area contributed by atoms with Gasteiger partial charge in [-0.2, -0.15) is 4.31 Å². The first-order valence-corrected chi connectivity index (χ1v) is 15.8. The Bertz CT molecular complexity index is 1220. The number of nitrogens with one attached hydrogen (secondary N) is 1. The minimum Gasteiger partial charge on any atom is -0.497 e. The highest BCUT2D eigenvalue weighted by Crippen LogP contribution is 2.26. The predicted molar refractivity (Wildman–Crippen MR) is 155 cm³/mol. The summed E-state index contributed by atoms with van der Waals surface area (Å²) in [6.45, 7) is 3.71. The summed E-state index contributed by atoms with van der Waals surface area (Å²) in [4.78, 5) is 12.8. The van der Waals surface area contributed by atoms with E-state index in [1.165, 1.54) is 23.5 Å². The number of alkyl carbamates (subject to hydrolysis) is 1. The number of ether oxygens (including phenoxy) is 5. The van der Waals surface area contributed by atoms with Crippen LogP contribution in [0.1, 0.15) is 38.2 Å². The molecule has 2 aromatic carbocycles. The number of methoxy groups -OCH3 is 1. The van der Waals surface area contributed by atoms with Gasteiger partial charge in [0.1, 0.15) is 11.9 Å². The highest BCUT2D eigenvalue weighted by Gasteiger charge is 2.33. The third kappa shape index (κ3) is 9.13.